The van der Waals surface area contributed by atoms with E-state index in [2.05, 4.69) is 51.4 Å². The molecule has 0 saturated carbocycles. The maximum Gasteiger partial charge on any atom is 0.213 e. The Balaban J connectivity index is 0.000000145. The van der Waals surface area contributed by atoms with Crippen molar-refractivity contribution in [2.75, 3.05) is 29.5 Å². The Morgan fingerprint density at radius 2 is 1.66 bits per heavy atom. The molecule has 0 atom stereocenters. The molecule has 3 aromatic carbocycles. The first-order valence-electron chi connectivity index (χ1n) is 11.4. The number of benzene rings is 3. The highest BCUT2D eigenvalue weighted by atomic mass is 32.1. The molecule has 0 bridgehead atoms. The molecule has 8 heteroatoms. The number of hydrogen-bond donors (Lipinski definition) is 2. The third kappa shape index (κ3) is 4.67. The van der Waals surface area contributed by atoms with Crippen molar-refractivity contribution >= 4 is 38.7 Å². The molecule has 35 heavy (non-hydrogen) atoms. The van der Waals surface area contributed by atoms with Crippen molar-refractivity contribution in [1.29, 1.82) is 5.26 Å². The van der Waals surface area contributed by atoms with Gasteiger partial charge in [-0.3, -0.25) is 0 Å². The number of nitriles is 1. The molecule has 2 aromatic heterocycles. The van der Waals surface area contributed by atoms with Crippen molar-refractivity contribution in [3.8, 4) is 22.3 Å². The van der Waals surface area contributed by atoms with E-state index in [4.69, 9.17) is 16.7 Å². The maximum atomic E-state index is 8.82. The standard InChI is InChI=1S/C16H18N2.C11H7N5S/c17-16-9-8-14(18-10-4-5-11-18)12-15(16)13-6-2-1-3-7-13;12-5-7-6-14-16(10(7)13)11-15-8-3-1-2-4-9(8)17-11/h1-3,6-9,12H,4-5,10-11,17H2;1-4,6H,13H2. The minimum Gasteiger partial charge on any atom is -0.398 e. The van der Waals surface area contributed by atoms with Crippen LogP contribution in [0.5, 0.6) is 0 Å². The Morgan fingerprint density at radius 1 is 0.914 bits per heavy atom. The van der Waals surface area contributed by atoms with Crippen LogP contribution < -0.4 is 16.4 Å². The van der Waals surface area contributed by atoms with E-state index >= 15 is 0 Å². The molecular weight excluding hydrogens is 454 g/mol. The molecule has 1 aliphatic heterocycles. The lowest BCUT2D eigenvalue weighted by Gasteiger charge is -2.19. The zero-order chi connectivity index (χ0) is 24.2. The minimum absolute atomic E-state index is 0.326. The topological polar surface area (TPSA) is 110 Å². The summed E-state index contributed by atoms with van der Waals surface area (Å²) in [7, 11) is 0. The van der Waals surface area contributed by atoms with Gasteiger partial charge in [-0.05, 0) is 48.7 Å². The highest BCUT2D eigenvalue weighted by molar-refractivity contribution is 7.20. The first-order valence-corrected chi connectivity index (χ1v) is 12.2. The molecule has 4 N–H and O–H groups in total. The van der Waals surface area contributed by atoms with Crippen molar-refractivity contribution < 1.29 is 0 Å². The Bertz CT molecular complexity index is 1460. The van der Waals surface area contributed by atoms with Gasteiger partial charge in [0.15, 0.2) is 0 Å². The number of para-hydroxylation sites is 1. The number of nitrogen functional groups attached to an aromatic ring is 2. The van der Waals surface area contributed by atoms with E-state index in [1.54, 1.807) is 0 Å². The lowest BCUT2D eigenvalue weighted by Crippen LogP contribution is -2.17. The van der Waals surface area contributed by atoms with E-state index in [1.807, 2.05) is 42.5 Å². The molecule has 6 rings (SSSR count). The van der Waals surface area contributed by atoms with Gasteiger partial charge in [-0.15, -0.1) is 0 Å². The smallest absolute Gasteiger partial charge is 0.213 e. The van der Waals surface area contributed by atoms with Crippen LogP contribution in [-0.4, -0.2) is 27.9 Å². The molecule has 0 unspecified atom stereocenters. The first-order chi connectivity index (χ1) is 17.1. The summed E-state index contributed by atoms with van der Waals surface area (Å²) in [5.74, 6) is 0.326. The zero-order valence-corrected chi connectivity index (χ0v) is 19.9. The van der Waals surface area contributed by atoms with Gasteiger partial charge >= 0.3 is 0 Å². The second kappa shape index (κ2) is 9.87. The number of hydrogen-bond acceptors (Lipinski definition) is 7. The molecule has 0 aliphatic carbocycles. The van der Waals surface area contributed by atoms with Crippen molar-refractivity contribution in [2.24, 2.45) is 0 Å². The molecule has 1 aliphatic rings. The number of anilines is 3. The van der Waals surface area contributed by atoms with Crippen LogP contribution in [0.25, 0.3) is 26.5 Å². The van der Waals surface area contributed by atoms with Crippen LogP contribution in [0.15, 0.2) is 79.0 Å². The number of fused-ring (bicyclic) bond motifs is 1. The highest BCUT2D eigenvalue weighted by Gasteiger charge is 2.14. The minimum atomic E-state index is 0.326. The van der Waals surface area contributed by atoms with Crippen LogP contribution >= 0.6 is 11.3 Å². The molecule has 3 heterocycles. The zero-order valence-electron chi connectivity index (χ0n) is 19.1. The predicted octanol–water partition coefficient (Wildman–Crippen LogP) is 5.47. The van der Waals surface area contributed by atoms with Gasteiger partial charge in [0.2, 0.25) is 5.13 Å². The molecular formula is C27H25N7S. The quantitative estimate of drug-likeness (QED) is 0.332. The van der Waals surface area contributed by atoms with Gasteiger partial charge in [-0.2, -0.15) is 15.0 Å². The van der Waals surface area contributed by atoms with Gasteiger partial charge < -0.3 is 16.4 Å². The Kier molecular flexibility index (Phi) is 6.33. The molecule has 0 radical (unpaired) electrons. The fourth-order valence-corrected chi connectivity index (χ4v) is 5.07. The Labute approximate surface area is 207 Å². The number of nitrogens with zero attached hydrogens (tertiary/aromatic N) is 5. The van der Waals surface area contributed by atoms with Crippen LogP contribution in [0.3, 0.4) is 0 Å². The molecule has 0 amide bonds. The average molecular weight is 480 g/mol. The summed E-state index contributed by atoms with van der Waals surface area (Å²) in [4.78, 5) is 6.86. The van der Waals surface area contributed by atoms with Gasteiger partial charge in [0.25, 0.3) is 0 Å². The lowest BCUT2D eigenvalue weighted by atomic mass is 10.0. The van der Waals surface area contributed by atoms with Crippen molar-refractivity contribution in [3.05, 3.63) is 84.6 Å². The third-order valence-electron chi connectivity index (χ3n) is 5.98. The number of aromatic nitrogens is 3. The molecule has 1 fully saturated rings. The Hall–Kier alpha value is -4.35. The summed E-state index contributed by atoms with van der Waals surface area (Å²) in [5.41, 5.74) is 17.7. The van der Waals surface area contributed by atoms with E-state index in [0.717, 1.165) is 34.6 Å². The second-order valence-corrected chi connectivity index (χ2v) is 9.27. The number of thiazole rings is 1. The molecule has 5 aromatic rings. The summed E-state index contributed by atoms with van der Waals surface area (Å²) in [6, 6.07) is 26.5. The van der Waals surface area contributed by atoms with Crippen LogP contribution in [0.2, 0.25) is 0 Å². The van der Waals surface area contributed by atoms with Crippen molar-refractivity contribution in [2.45, 2.75) is 12.8 Å². The summed E-state index contributed by atoms with van der Waals surface area (Å²) in [6.45, 7) is 2.33. The Morgan fingerprint density at radius 3 is 2.37 bits per heavy atom. The van der Waals surface area contributed by atoms with E-state index in [1.165, 1.54) is 46.3 Å². The highest BCUT2D eigenvalue weighted by Crippen LogP contribution is 2.31. The predicted molar refractivity (Wildman–Crippen MR) is 144 cm³/mol. The largest absolute Gasteiger partial charge is 0.398 e. The lowest BCUT2D eigenvalue weighted by molar-refractivity contribution is 0.883. The number of nitrogens with two attached hydrogens (primary N) is 2. The van der Waals surface area contributed by atoms with Crippen LogP contribution in [0, 0.1) is 11.3 Å². The maximum absolute atomic E-state index is 8.82. The summed E-state index contributed by atoms with van der Waals surface area (Å²) in [5, 5.41) is 13.6. The molecule has 174 valence electrons. The van der Waals surface area contributed by atoms with Gasteiger partial charge in [-0.1, -0.05) is 53.8 Å². The summed E-state index contributed by atoms with van der Waals surface area (Å²) < 4.78 is 2.55. The van der Waals surface area contributed by atoms with E-state index in [-0.39, 0.29) is 0 Å². The fraction of sp³-hybridized carbons (Fsp3) is 0.148. The van der Waals surface area contributed by atoms with Crippen LogP contribution in [-0.2, 0) is 0 Å². The number of rotatable bonds is 3. The monoisotopic (exact) mass is 479 g/mol. The van der Waals surface area contributed by atoms with Crippen LogP contribution in [0.1, 0.15) is 18.4 Å². The fourth-order valence-electron chi connectivity index (χ4n) is 4.13. The second-order valence-electron chi connectivity index (χ2n) is 8.26. The molecule has 7 nitrogen and oxygen atoms in total. The van der Waals surface area contributed by atoms with Gasteiger partial charge in [0.05, 0.1) is 16.4 Å². The van der Waals surface area contributed by atoms with E-state index in [0.29, 0.717) is 16.5 Å². The summed E-state index contributed by atoms with van der Waals surface area (Å²) >= 11 is 1.49. The molecule has 1 saturated heterocycles. The first kappa shape index (κ1) is 22.4. The van der Waals surface area contributed by atoms with Crippen molar-refractivity contribution in [3.63, 3.8) is 0 Å². The average Bonchev–Trinajstić information content (AvgIpc) is 3.65. The van der Waals surface area contributed by atoms with E-state index in [9.17, 15) is 0 Å². The van der Waals surface area contributed by atoms with Crippen LogP contribution in [0.4, 0.5) is 17.2 Å². The van der Waals surface area contributed by atoms with E-state index < -0.39 is 0 Å². The van der Waals surface area contributed by atoms with Gasteiger partial charge in [0.1, 0.15) is 17.5 Å². The van der Waals surface area contributed by atoms with Gasteiger partial charge in [-0.25, -0.2) is 4.98 Å². The normalized spacial score (nSPS) is 12.8. The summed E-state index contributed by atoms with van der Waals surface area (Å²) in [6.07, 6.45) is 4.04. The van der Waals surface area contributed by atoms with Gasteiger partial charge in [0, 0.05) is 30.0 Å². The molecule has 0 spiro atoms. The SMILES string of the molecule is N#Cc1cnn(-c2nc3ccccc3s2)c1N.Nc1ccc(N2CCCC2)cc1-c1ccccc1. The third-order valence-corrected chi connectivity index (χ3v) is 7.00. The van der Waals surface area contributed by atoms with Crippen molar-refractivity contribution in [1.82, 2.24) is 14.8 Å².